The van der Waals surface area contributed by atoms with E-state index >= 15 is 0 Å². The summed E-state index contributed by atoms with van der Waals surface area (Å²) in [7, 11) is 1.18. The minimum Gasteiger partial charge on any atom is -0.504 e. The Hall–Kier alpha value is -4.28. The van der Waals surface area contributed by atoms with Gasteiger partial charge in [-0.3, -0.25) is 4.79 Å². The number of fused-ring (bicyclic) bond motifs is 1. The number of anilines is 1. The van der Waals surface area contributed by atoms with Crippen molar-refractivity contribution >= 4 is 17.7 Å². The number of nitrogens with one attached hydrogen (secondary N) is 1. The summed E-state index contributed by atoms with van der Waals surface area (Å²) >= 11 is 0. The zero-order valence-corrected chi connectivity index (χ0v) is 17.1. The zero-order chi connectivity index (χ0) is 22.8. The number of methoxy groups -OCH3 is 1. The Labute approximate surface area is 181 Å². The summed E-state index contributed by atoms with van der Waals surface area (Å²) in [5.41, 5.74) is 0.444. The predicted molar refractivity (Wildman–Crippen MR) is 109 cm³/mol. The summed E-state index contributed by atoms with van der Waals surface area (Å²) in [5.74, 6) is -1.67. The Morgan fingerprint density at radius 1 is 1.22 bits per heavy atom. The topological polar surface area (TPSA) is 128 Å². The third-order valence-electron chi connectivity index (χ3n) is 4.86. The summed E-state index contributed by atoms with van der Waals surface area (Å²) in [4.78, 5) is 26.1. The first-order valence-corrected chi connectivity index (χ1v) is 9.58. The Morgan fingerprint density at radius 2 is 1.97 bits per heavy atom. The molecule has 0 unspecified atom stereocenters. The summed E-state index contributed by atoms with van der Waals surface area (Å²) < 4.78 is 25.1. The van der Waals surface area contributed by atoms with Crippen LogP contribution in [0.1, 0.15) is 28.9 Å². The van der Waals surface area contributed by atoms with Crippen LogP contribution in [0.3, 0.4) is 0 Å². The van der Waals surface area contributed by atoms with Crippen LogP contribution in [0.15, 0.2) is 53.7 Å². The zero-order valence-electron chi connectivity index (χ0n) is 17.1. The fourth-order valence-electron chi connectivity index (χ4n) is 3.43. The van der Waals surface area contributed by atoms with E-state index < -0.39 is 23.6 Å². The molecule has 164 valence electrons. The van der Waals surface area contributed by atoms with Crippen LogP contribution in [0.4, 0.5) is 10.3 Å². The van der Waals surface area contributed by atoms with Crippen LogP contribution in [-0.4, -0.2) is 50.8 Å². The number of carbonyl (C=O) groups excluding carboxylic acids is 2. The fourth-order valence-corrected chi connectivity index (χ4v) is 3.43. The normalized spacial score (nSPS) is 15.0. The van der Waals surface area contributed by atoms with Gasteiger partial charge in [-0.2, -0.15) is 4.68 Å². The Balaban J connectivity index is 1.94. The lowest BCUT2D eigenvalue weighted by atomic mass is 9.89. The van der Waals surface area contributed by atoms with Crippen molar-refractivity contribution in [1.82, 2.24) is 20.2 Å². The van der Waals surface area contributed by atoms with Gasteiger partial charge < -0.3 is 19.9 Å². The molecule has 0 saturated heterocycles. The third-order valence-corrected chi connectivity index (χ3v) is 4.86. The predicted octanol–water partition coefficient (Wildman–Crippen LogP) is 2.24. The third kappa shape index (κ3) is 3.64. The lowest BCUT2D eigenvalue weighted by Crippen LogP contribution is -2.33. The molecule has 0 amide bonds. The van der Waals surface area contributed by atoms with E-state index in [0.29, 0.717) is 12.2 Å². The van der Waals surface area contributed by atoms with Gasteiger partial charge in [0.1, 0.15) is 17.6 Å². The highest BCUT2D eigenvalue weighted by atomic mass is 19.1. The van der Waals surface area contributed by atoms with Crippen LogP contribution in [0.2, 0.25) is 0 Å². The molecule has 10 nitrogen and oxygen atoms in total. The van der Waals surface area contributed by atoms with E-state index in [4.69, 9.17) is 9.47 Å². The first kappa shape index (κ1) is 21.0. The Bertz CT molecular complexity index is 1220. The number of nitrogens with zero attached hydrogens (tertiary/aromatic N) is 4. The molecule has 0 fully saturated rings. The number of hydrogen-bond donors (Lipinski definition) is 2. The summed E-state index contributed by atoms with van der Waals surface area (Å²) in [5, 5.41) is 24.3. The van der Waals surface area contributed by atoms with E-state index in [0.717, 1.165) is 12.1 Å². The van der Waals surface area contributed by atoms with Crippen molar-refractivity contribution in [2.75, 3.05) is 19.0 Å². The van der Waals surface area contributed by atoms with Gasteiger partial charge in [0.15, 0.2) is 17.3 Å². The number of phenolic OH excluding ortho intramolecular Hbond substituents is 1. The van der Waals surface area contributed by atoms with Gasteiger partial charge in [0.25, 0.3) is 0 Å². The molecule has 3 aromatic rings. The number of rotatable bonds is 6. The lowest BCUT2D eigenvalue weighted by Gasteiger charge is -2.28. The molecule has 1 atom stereocenters. The van der Waals surface area contributed by atoms with E-state index in [1.807, 2.05) is 0 Å². The number of tetrazole rings is 1. The molecule has 0 bridgehead atoms. The van der Waals surface area contributed by atoms with Crippen molar-refractivity contribution in [3.8, 4) is 11.5 Å². The molecule has 1 aliphatic heterocycles. The quantitative estimate of drug-likeness (QED) is 0.439. The second-order valence-electron chi connectivity index (χ2n) is 6.75. The molecule has 2 aromatic carbocycles. The van der Waals surface area contributed by atoms with Crippen molar-refractivity contribution in [3.63, 3.8) is 0 Å². The smallest absolute Gasteiger partial charge is 0.355 e. The number of Topliss-reactive ketones (excluding diaryl/α,β-unsaturated/α-hetero) is 1. The molecular formula is C21H18FN5O5. The van der Waals surface area contributed by atoms with Gasteiger partial charge >= 0.3 is 5.97 Å². The van der Waals surface area contributed by atoms with Gasteiger partial charge in [-0.15, -0.1) is 0 Å². The first-order chi connectivity index (χ1) is 15.4. The number of ketones is 1. The van der Waals surface area contributed by atoms with Crippen LogP contribution in [0, 0.1) is 5.82 Å². The number of benzene rings is 2. The van der Waals surface area contributed by atoms with Gasteiger partial charge in [0.05, 0.1) is 19.3 Å². The van der Waals surface area contributed by atoms with Crippen LogP contribution < -0.4 is 10.1 Å². The summed E-state index contributed by atoms with van der Waals surface area (Å²) in [6.07, 6.45) is 0. The van der Waals surface area contributed by atoms with Crippen molar-refractivity contribution < 1.29 is 28.6 Å². The van der Waals surface area contributed by atoms with E-state index in [1.54, 1.807) is 13.0 Å². The van der Waals surface area contributed by atoms with E-state index in [2.05, 4.69) is 20.8 Å². The highest BCUT2D eigenvalue weighted by Crippen LogP contribution is 2.39. The molecule has 0 radical (unpaired) electrons. The number of carbonyl (C=O) groups is 2. The van der Waals surface area contributed by atoms with Gasteiger partial charge in [-0.1, -0.05) is 11.2 Å². The van der Waals surface area contributed by atoms with Gasteiger partial charge in [-0.25, -0.2) is 9.18 Å². The number of allylic oxidation sites excluding steroid dienone is 1. The highest BCUT2D eigenvalue weighted by molar-refractivity contribution is 6.14. The molecule has 0 saturated carbocycles. The first-order valence-electron chi connectivity index (χ1n) is 9.58. The van der Waals surface area contributed by atoms with Crippen molar-refractivity contribution in [2.45, 2.75) is 13.0 Å². The van der Waals surface area contributed by atoms with E-state index in [9.17, 15) is 19.1 Å². The van der Waals surface area contributed by atoms with Gasteiger partial charge in [-0.05, 0) is 59.3 Å². The van der Waals surface area contributed by atoms with Gasteiger partial charge in [0, 0.05) is 5.56 Å². The maximum absolute atomic E-state index is 13.5. The summed E-state index contributed by atoms with van der Waals surface area (Å²) in [6, 6.07) is 8.46. The lowest BCUT2D eigenvalue weighted by molar-refractivity contribution is -0.136. The summed E-state index contributed by atoms with van der Waals surface area (Å²) in [6.45, 7) is 2.05. The molecule has 0 aliphatic carbocycles. The fraction of sp³-hybridized carbons (Fsp3) is 0.190. The van der Waals surface area contributed by atoms with Crippen LogP contribution in [0.5, 0.6) is 11.5 Å². The Morgan fingerprint density at radius 3 is 2.66 bits per heavy atom. The average molecular weight is 439 g/mol. The van der Waals surface area contributed by atoms with Crippen molar-refractivity contribution in [2.24, 2.45) is 0 Å². The van der Waals surface area contributed by atoms with Crippen molar-refractivity contribution in [1.29, 1.82) is 0 Å². The van der Waals surface area contributed by atoms with E-state index in [1.165, 1.54) is 36.1 Å². The number of hydrogen-bond acceptors (Lipinski definition) is 9. The number of aromatic hydroxyl groups is 1. The molecule has 4 rings (SSSR count). The molecule has 2 N–H and O–H groups in total. The molecule has 0 spiro atoms. The van der Waals surface area contributed by atoms with E-state index in [-0.39, 0.29) is 34.3 Å². The molecule has 1 aliphatic rings. The van der Waals surface area contributed by atoms with Crippen LogP contribution in [-0.2, 0) is 9.53 Å². The maximum atomic E-state index is 13.5. The molecular weight excluding hydrogens is 421 g/mol. The molecule has 32 heavy (non-hydrogen) atoms. The van der Waals surface area contributed by atoms with Crippen LogP contribution >= 0.6 is 0 Å². The molecule has 1 aromatic heterocycles. The van der Waals surface area contributed by atoms with Crippen LogP contribution in [0.25, 0.3) is 0 Å². The Kier molecular flexibility index (Phi) is 5.54. The number of esters is 1. The monoisotopic (exact) mass is 439 g/mol. The molecule has 2 heterocycles. The van der Waals surface area contributed by atoms with Crippen molar-refractivity contribution in [3.05, 3.63) is 70.7 Å². The average Bonchev–Trinajstić information content (AvgIpc) is 3.27. The standard InChI is InChI=1S/C21H18FN5O5/c1-3-32-15-10-12(6-9-14(15)28)18-16(19(29)11-4-7-13(22)8-5-11)17(20(30)31-2)23-21-24-25-26-27(18)21/h4-10,18,28H,3H2,1-2H3,(H,23,24,26)/t18-/m1/s1. The minimum atomic E-state index is -0.965. The number of phenols is 1. The maximum Gasteiger partial charge on any atom is 0.355 e. The number of ether oxygens (including phenoxy) is 2. The van der Waals surface area contributed by atoms with Gasteiger partial charge in [0.2, 0.25) is 5.95 Å². The largest absolute Gasteiger partial charge is 0.504 e. The highest BCUT2D eigenvalue weighted by Gasteiger charge is 2.38. The minimum absolute atomic E-state index is 0.0172. The number of aromatic nitrogens is 4. The number of halogens is 1. The second kappa shape index (κ2) is 8.46. The molecule has 11 heteroatoms. The second-order valence-corrected chi connectivity index (χ2v) is 6.75. The SMILES string of the molecule is CCOc1cc([C@@H]2C(C(=O)c3ccc(F)cc3)=C(C(=O)OC)Nc3nnnn32)ccc1O.